The van der Waals surface area contributed by atoms with Crippen molar-refractivity contribution in [2.24, 2.45) is 29.1 Å². The van der Waals surface area contributed by atoms with E-state index in [1.54, 1.807) is 6.92 Å². The van der Waals surface area contributed by atoms with Crippen LogP contribution in [0.5, 0.6) is 0 Å². The Morgan fingerprint density at radius 1 is 1.00 bits per heavy atom. The molecule has 2 saturated carbocycles. The quantitative estimate of drug-likeness (QED) is 0.100. The smallest absolute Gasteiger partial charge is 0.306 e. The van der Waals surface area contributed by atoms with E-state index < -0.39 is 101 Å². The summed E-state index contributed by atoms with van der Waals surface area (Å²) in [5.41, 5.74) is -3.52. The molecule has 13 atom stereocenters. The topological polar surface area (TPSA) is 192 Å². The van der Waals surface area contributed by atoms with Gasteiger partial charge in [-0.1, -0.05) is 71.1 Å². The lowest BCUT2D eigenvalue weighted by Gasteiger charge is -2.53. The molecule has 3 fully saturated rings. The number of esters is 2. The summed E-state index contributed by atoms with van der Waals surface area (Å²) < 4.78 is 23.9. The fourth-order valence-electron chi connectivity index (χ4n) is 9.74. The molecule has 0 radical (unpaired) electrons. The molecule has 1 aliphatic heterocycles. The Morgan fingerprint density at radius 3 is 2.33 bits per heavy atom. The molecular formula is C36H56O12. The average Bonchev–Trinajstić information content (AvgIpc) is 3.35. The predicted octanol–water partition coefficient (Wildman–Crippen LogP) is 2.06. The Morgan fingerprint density at radius 2 is 1.69 bits per heavy atom. The molecule has 0 amide bonds. The number of unbranched alkanes of at least 4 members (excludes halogenated alkanes) is 4. The Bertz CT molecular complexity index is 1280. The van der Waals surface area contributed by atoms with E-state index in [4.69, 9.17) is 18.9 Å². The lowest BCUT2D eigenvalue weighted by Crippen LogP contribution is -2.65. The summed E-state index contributed by atoms with van der Waals surface area (Å²) in [5, 5.41) is 66.1. The van der Waals surface area contributed by atoms with E-state index in [2.05, 4.69) is 6.92 Å². The van der Waals surface area contributed by atoms with Gasteiger partial charge in [0.05, 0.1) is 24.4 Å². The number of carbonyl (C=O) groups is 2. The van der Waals surface area contributed by atoms with Gasteiger partial charge in [0, 0.05) is 48.9 Å². The second kappa shape index (κ2) is 13.7. The summed E-state index contributed by atoms with van der Waals surface area (Å²) in [6, 6.07) is 0. The summed E-state index contributed by atoms with van der Waals surface area (Å²) in [7, 11) is 0. The lowest BCUT2D eigenvalue weighted by atomic mass is 9.59. The number of aliphatic hydroxyl groups excluding tert-OH is 4. The van der Waals surface area contributed by atoms with E-state index in [-0.39, 0.29) is 25.9 Å². The highest BCUT2D eigenvalue weighted by Crippen LogP contribution is 2.77. The first kappa shape index (κ1) is 37.4. The van der Waals surface area contributed by atoms with Crippen LogP contribution in [0.25, 0.3) is 0 Å². The minimum atomic E-state index is -1.62. The van der Waals surface area contributed by atoms with Crippen LogP contribution in [0.2, 0.25) is 0 Å². The van der Waals surface area contributed by atoms with Gasteiger partial charge in [-0.05, 0) is 25.3 Å². The van der Waals surface area contributed by atoms with Crippen LogP contribution in [0, 0.1) is 29.1 Å². The molecule has 4 aliphatic carbocycles. The van der Waals surface area contributed by atoms with Crippen molar-refractivity contribution < 1.29 is 59.2 Å². The molecule has 0 aromatic carbocycles. The molecule has 9 unspecified atom stereocenters. The lowest BCUT2D eigenvalue weighted by molar-refractivity contribution is -0.299. The second-order valence-corrected chi connectivity index (χ2v) is 15.6. The highest BCUT2D eigenvalue weighted by Gasteiger charge is 2.87. The standard InChI is InChI=1S/C36H56O12/c1-7-8-9-10-11-12-26(39)47-31-20(3)35(44)23(30-33(5,6)36(30,31)48-21(4)38)14-22(16-34(43)15-19(2)13-25(34)35)18-45-32-29(42)28(41)27(40)24(17-37)46-32/h13-14,20,23-25,27-32,37,40-44H,7-12,15-18H2,1-6H3/t20-,23?,24?,25?,27?,28?,29?,30?,31-,32?,34?,35-,36-/m1/s1. The second-order valence-electron chi connectivity index (χ2n) is 15.6. The molecule has 12 nitrogen and oxygen atoms in total. The normalized spacial score (nSPS) is 44.3. The summed E-state index contributed by atoms with van der Waals surface area (Å²) in [5.74, 6) is -3.61. The van der Waals surface area contributed by atoms with Crippen LogP contribution in [0.4, 0.5) is 0 Å². The van der Waals surface area contributed by atoms with Gasteiger partial charge in [0.15, 0.2) is 11.9 Å². The van der Waals surface area contributed by atoms with Crippen LogP contribution in [-0.4, -0.2) is 109 Å². The van der Waals surface area contributed by atoms with Crippen molar-refractivity contribution in [1.29, 1.82) is 0 Å². The van der Waals surface area contributed by atoms with Gasteiger partial charge in [0.2, 0.25) is 0 Å². The molecule has 272 valence electrons. The van der Waals surface area contributed by atoms with Crippen molar-refractivity contribution in [3.8, 4) is 0 Å². The molecule has 0 spiro atoms. The molecule has 0 aromatic rings. The third-order valence-electron chi connectivity index (χ3n) is 12.1. The van der Waals surface area contributed by atoms with E-state index in [0.717, 1.165) is 31.3 Å². The Kier molecular flexibility index (Phi) is 10.6. The summed E-state index contributed by atoms with van der Waals surface area (Å²) >= 11 is 0. The summed E-state index contributed by atoms with van der Waals surface area (Å²) in [4.78, 5) is 26.1. The summed E-state index contributed by atoms with van der Waals surface area (Å²) in [6.45, 7) is 10.3. The Labute approximate surface area is 283 Å². The molecule has 0 bridgehead atoms. The molecule has 6 N–H and O–H groups in total. The van der Waals surface area contributed by atoms with Gasteiger partial charge < -0.3 is 49.6 Å². The number of carbonyl (C=O) groups excluding carboxylic acids is 2. The SMILES string of the molecule is CCCCCCCC(=O)O[C@@H]1[C@@H](C)[C@@]2(O)C(C=C(COC3OC(CO)C(O)C(O)C3O)CC3(O)CC(C)=CC32)C2C(C)(C)[C@@]21OC(C)=O. The first-order valence-electron chi connectivity index (χ1n) is 17.6. The van der Waals surface area contributed by atoms with Gasteiger partial charge in [-0.3, -0.25) is 9.59 Å². The van der Waals surface area contributed by atoms with Crippen molar-refractivity contribution in [2.45, 2.75) is 147 Å². The van der Waals surface area contributed by atoms with Crippen molar-refractivity contribution in [3.63, 3.8) is 0 Å². The zero-order valence-electron chi connectivity index (χ0n) is 29.1. The largest absolute Gasteiger partial charge is 0.458 e. The maximum absolute atomic E-state index is 13.4. The van der Waals surface area contributed by atoms with Crippen LogP contribution < -0.4 is 0 Å². The number of hydrogen-bond donors (Lipinski definition) is 6. The fraction of sp³-hybridized carbons (Fsp3) is 0.833. The highest BCUT2D eigenvalue weighted by molar-refractivity contribution is 5.71. The van der Waals surface area contributed by atoms with Crippen LogP contribution in [-0.2, 0) is 28.5 Å². The van der Waals surface area contributed by atoms with E-state index in [9.17, 15) is 40.2 Å². The van der Waals surface area contributed by atoms with Crippen molar-refractivity contribution in [3.05, 3.63) is 23.3 Å². The average molecular weight is 681 g/mol. The van der Waals surface area contributed by atoms with Crippen LogP contribution >= 0.6 is 0 Å². The minimum absolute atomic E-state index is 0.102. The van der Waals surface area contributed by atoms with E-state index in [0.29, 0.717) is 12.0 Å². The molecular weight excluding hydrogens is 624 g/mol. The van der Waals surface area contributed by atoms with Gasteiger partial charge in [0.25, 0.3) is 0 Å². The highest BCUT2D eigenvalue weighted by atomic mass is 16.7. The number of ether oxygens (including phenoxy) is 4. The number of fused-ring (bicyclic) bond motifs is 5. The third-order valence-corrected chi connectivity index (χ3v) is 12.1. The Hall–Kier alpha value is -1.90. The third kappa shape index (κ3) is 6.08. The molecule has 0 aromatic heterocycles. The fourth-order valence-corrected chi connectivity index (χ4v) is 9.74. The van der Waals surface area contributed by atoms with Crippen LogP contribution in [0.15, 0.2) is 23.3 Å². The maximum Gasteiger partial charge on any atom is 0.306 e. The van der Waals surface area contributed by atoms with Gasteiger partial charge >= 0.3 is 11.9 Å². The molecule has 5 aliphatic rings. The Balaban J connectivity index is 1.50. The van der Waals surface area contributed by atoms with E-state index >= 15 is 0 Å². The van der Waals surface area contributed by atoms with Crippen molar-refractivity contribution in [1.82, 2.24) is 0 Å². The van der Waals surface area contributed by atoms with E-state index in [1.807, 2.05) is 32.9 Å². The van der Waals surface area contributed by atoms with Gasteiger partial charge in [-0.2, -0.15) is 0 Å². The minimum Gasteiger partial charge on any atom is -0.458 e. The monoisotopic (exact) mass is 680 g/mol. The van der Waals surface area contributed by atoms with Crippen LogP contribution in [0.3, 0.4) is 0 Å². The van der Waals surface area contributed by atoms with E-state index in [1.165, 1.54) is 6.92 Å². The zero-order chi connectivity index (χ0) is 35.4. The van der Waals surface area contributed by atoms with Crippen molar-refractivity contribution >= 4 is 11.9 Å². The van der Waals surface area contributed by atoms with Gasteiger partial charge in [-0.25, -0.2) is 0 Å². The first-order chi connectivity index (χ1) is 22.5. The van der Waals surface area contributed by atoms with Gasteiger partial charge in [0.1, 0.15) is 30.5 Å². The molecule has 48 heavy (non-hydrogen) atoms. The molecule has 12 heteroatoms. The summed E-state index contributed by atoms with van der Waals surface area (Å²) in [6.07, 6.45) is 0.877. The maximum atomic E-state index is 13.4. The predicted molar refractivity (Wildman–Crippen MR) is 172 cm³/mol. The first-order valence-corrected chi connectivity index (χ1v) is 17.6. The number of hydrogen-bond acceptors (Lipinski definition) is 12. The van der Waals surface area contributed by atoms with Crippen molar-refractivity contribution in [2.75, 3.05) is 13.2 Å². The molecule has 1 heterocycles. The van der Waals surface area contributed by atoms with Crippen LogP contribution in [0.1, 0.15) is 92.9 Å². The zero-order valence-corrected chi connectivity index (χ0v) is 29.1. The van der Waals surface area contributed by atoms with Gasteiger partial charge in [-0.15, -0.1) is 0 Å². The molecule has 5 rings (SSSR count). The number of aliphatic hydroxyl groups is 6. The number of rotatable bonds is 12. The molecule has 1 saturated heterocycles.